The van der Waals surface area contributed by atoms with Gasteiger partial charge in [0, 0.05) is 21.2 Å². The second-order valence-corrected chi connectivity index (χ2v) is 10.9. The van der Waals surface area contributed by atoms with Gasteiger partial charge in [-0.15, -0.1) is 20.4 Å². The third-order valence-electron chi connectivity index (χ3n) is 6.01. The molecular weight excluding hydrogens is 583 g/mol. The average Bonchev–Trinajstić information content (AvgIpc) is 3.66. The predicted octanol–water partition coefficient (Wildman–Crippen LogP) is 9.27. The summed E-state index contributed by atoms with van der Waals surface area (Å²) in [6.45, 7) is 5.24. The second kappa shape index (κ2) is 13.9. The van der Waals surface area contributed by atoms with E-state index in [-0.39, 0.29) is 0 Å². The lowest BCUT2D eigenvalue weighted by Gasteiger charge is -2.18. The van der Waals surface area contributed by atoms with Crippen molar-refractivity contribution in [2.45, 2.75) is 49.6 Å². The molecule has 2 heterocycles. The first-order chi connectivity index (χ1) is 20.1. The minimum absolute atomic E-state index is 0.321. The van der Waals surface area contributed by atoms with Crippen molar-refractivity contribution < 1.29 is 18.3 Å². The molecule has 0 saturated heterocycles. The van der Waals surface area contributed by atoms with Crippen LogP contribution in [0.2, 0.25) is 10.0 Å². The fourth-order valence-electron chi connectivity index (χ4n) is 3.81. The Morgan fingerprint density at radius 3 is 1.78 bits per heavy atom. The molecule has 0 saturated carbocycles. The Morgan fingerprint density at radius 1 is 0.634 bits per heavy atom. The summed E-state index contributed by atoms with van der Waals surface area (Å²) in [4.78, 5) is 0.764. The van der Waals surface area contributed by atoms with Crippen LogP contribution in [0.25, 0.3) is 34.4 Å². The van der Waals surface area contributed by atoms with Crippen molar-refractivity contribution in [1.82, 2.24) is 20.4 Å². The molecule has 41 heavy (non-hydrogen) atoms. The smallest absolute Gasteiger partial charge is 0.281 e. The zero-order valence-corrected chi connectivity index (χ0v) is 24.9. The summed E-state index contributed by atoms with van der Waals surface area (Å²) >= 11 is 13.4. The van der Waals surface area contributed by atoms with Crippen LogP contribution in [0, 0.1) is 0 Å². The summed E-state index contributed by atoms with van der Waals surface area (Å²) < 4.78 is 24.7. The Bertz CT molecular complexity index is 1570. The number of hydrogen-bond acceptors (Lipinski definition) is 9. The largest absolute Gasteiger partial charge is 0.489 e. The summed E-state index contributed by atoms with van der Waals surface area (Å²) in [5.74, 6) is 2.19. The first kappa shape index (κ1) is 29.0. The van der Waals surface area contributed by atoms with Gasteiger partial charge in [-0.3, -0.25) is 0 Å². The van der Waals surface area contributed by atoms with E-state index >= 15 is 0 Å². The van der Waals surface area contributed by atoms with Crippen molar-refractivity contribution in [3.05, 3.63) is 70.7 Å². The number of hydrogen-bond donors (Lipinski definition) is 0. The van der Waals surface area contributed by atoms with Crippen molar-refractivity contribution in [3.63, 3.8) is 0 Å². The molecule has 0 radical (unpaired) electrons. The van der Waals surface area contributed by atoms with Crippen LogP contribution in [-0.2, 0) is 0 Å². The molecule has 8 nitrogen and oxygen atoms in total. The number of aromatic nitrogens is 4. The van der Waals surface area contributed by atoms with Gasteiger partial charge in [-0.1, -0.05) is 49.9 Å². The van der Waals surface area contributed by atoms with Crippen molar-refractivity contribution in [3.8, 4) is 45.9 Å². The van der Waals surface area contributed by atoms with E-state index in [1.54, 1.807) is 24.3 Å². The number of benzene rings is 3. The van der Waals surface area contributed by atoms with Crippen LogP contribution in [0.1, 0.15) is 39.5 Å². The highest BCUT2D eigenvalue weighted by atomic mass is 35.5. The van der Waals surface area contributed by atoms with Gasteiger partial charge in [0.05, 0.1) is 23.7 Å². The van der Waals surface area contributed by atoms with Gasteiger partial charge in [-0.2, -0.15) is 0 Å². The average molecular weight is 612 g/mol. The minimum Gasteiger partial charge on any atom is -0.489 e. The number of rotatable bonds is 13. The SMILES string of the molecule is CCCCOc1c(Sc2nnc(-c3ccc(Cl)cc3)o2)ccc(-c2nnc(-c3ccc(Cl)cc3)o2)c1OCCCC. The molecule has 212 valence electrons. The monoisotopic (exact) mass is 610 g/mol. The summed E-state index contributed by atoms with van der Waals surface area (Å²) in [7, 11) is 0. The number of ether oxygens (including phenoxy) is 2. The van der Waals surface area contributed by atoms with Crippen molar-refractivity contribution in [2.75, 3.05) is 13.2 Å². The molecule has 0 aliphatic heterocycles. The molecule has 0 unspecified atom stereocenters. The van der Waals surface area contributed by atoms with Gasteiger partial charge in [0.2, 0.25) is 11.8 Å². The lowest BCUT2D eigenvalue weighted by Crippen LogP contribution is -2.05. The van der Waals surface area contributed by atoms with Crippen LogP contribution in [0.3, 0.4) is 0 Å². The van der Waals surface area contributed by atoms with Crippen LogP contribution in [0.5, 0.6) is 11.5 Å². The Balaban J connectivity index is 1.51. The van der Waals surface area contributed by atoms with Crippen LogP contribution >= 0.6 is 35.0 Å². The fourth-order valence-corrected chi connectivity index (χ4v) is 4.83. The third kappa shape index (κ3) is 7.22. The zero-order valence-electron chi connectivity index (χ0n) is 22.6. The lowest BCUT2D eigenvalue weighted by atomic mass is 10.1. The molecule has 0 amide bonds. The molecule has 0 fully saturated rings. The minimum atomic E-state index is 0.321. The first-order valence-electron chi connectivity index (χ1n) is 13.4. The summed E-state index contributed by atoms with van der Waals surface area (Å²) in [6.07, 6.45) is 3.72. The van der Waals surface area contributed by atoms with E-state index in [4.69, 9.17) is 41.5 Å². The van der Waals surface area contributed by atoms with Gasteiger partial charge in [-0.05, 0) is 85.3 Å². The highest BCUT2D eigenvalue weighted by Gasteiger charge is 2.24. The maximum atomic E-state index is 6.33. The van der Waals surface area contributed by atoms with E-state index in [0.717, 1.165) is 41.7 Å². The topological polar surface area (TPSA) is 96.3 Å². The number of halogens is 2. The molecule has 5 rings (SSSR count). The van der Waals surface area contributed by atoms with Gasteiger partial charge in [-0.25, -0.2) is 0 Å². The van der Waals surface area contributed by atoms with E-state index in [0.29, 0.717) is 63.2 Å². The maximum Gasteiger partial charge on any atom is 0.281 e. The normalized spacial score (nSPS) is 11.1. The Hall–Kier alpha value is -3.53. The zero-order chi connectivity index (χ0) is 28.6. The van der Waals surface area contributed by atoms with Crippen LogP contribution < -0.4 is 9.47 Å². The fraction of sp³-hybridized carbons (Fsp3) is 0.267. The van der Waals surface area contributed by atoms with Gasteiger partial charge in [0.1, 0.15) is 0 Å². The van der Waals surface area contributed by atoms with Crippen LogP contribution in [-0.4, -0.2) is 33.6 Å². The van der Waals surface area contributed by atoms with E-state index in [2.05, 4.69) is 34.2 Å². The molecule has 2 aromatic heterocycles. The predicted molar refractivity (Wildman–Crippen MR) is 160 cm³/mol. The highest BCUT2D eigenvalue weighted by Crippen LogP contribution is 2.46. The molecule has 3 aromatic carbocycles. The van der Waals surface area contributed by atoms with E-state index in [9.17, 15) is 0 Å². The second-order valence-electron chi connectivity index (χ2n) is 9.07. The molecule has 0 bridgehead atoms. The van der Waals surface area contributed by atoms with Gasteiger partial charge in [0.15, 0.2) is 11.5 Å². The Labute approximate surface area is 252 Å². The molecule has 0 N–H and O–H groups in total. The highest BCUT2D eigenvalue weighted by molar-refractivity contribution is 7.99. The standard InChI is InChI=1S/C30H28Cl2N4O4S/c1-3-5-17-37-25-23(29-35-33-27(39-29)19-7-11-21(31)12-8-19)15-16-24(26(25)38-18-6-4-2)41-30-36-34-28(40-30)20-9-13-22(32)14-10-20/h7-16H,3-6,17-18H2,1-2H3. The van der Waals surface area contributed by atoms with Crippen LogP contribution in [0.4, 0.5) is 0 Å². The third-order valence-corrected chi connectivity index (χ3v) is 7.39. The maximum absolute atomic E-state index is 6.33. The molecule has 0 spiro atoms. The Kier molecular flexibility index (Phi) is 9.82. The summed E-state index contributed by atoms with van der Waals surface area (Å²) in [5.41, 5.74) is 2.18. The Morgan fingerprint density at radius 2 is 1.17 bits per heavy atom. The molecule has 0 aliphatic carbocycles. The quantitative estimate of drug-likeness (QED) is 0.121. The number of unbranched alkanes of at least 4 members (excludes halogenated alkanes) is 2. The first-order valence-corrected chi connectivity index (χ1v) is 14.9. The van der Waals surface area contributed by atoms with Crippen molar-refractivity contribution in [2.24, 2.45) is 0 Å². The van der Waals surface area contributed by atoms with Gasteiger partial charge in [0.25, 0.3) is 11.1 Å². The van der Waals surface area contributed by atoms with Crippen molar-refractivity contribution >= 4 is 35.0 Å². The van der Waals surface area contributed by atoms with Crippen LogP contribution in [0.15, 0.2) is 79.6 Å². The van der Waals surface area contributed by atoms with Gasteiger partial charge >= 0.3 is 0 Å². The lowest BCUT2D eigenvalue weighted by molar-refractivity contribution is 0.257. The van der Waals surface area contributed by atoms with E-state index < -0.39 is 0 Å². The molecule has 11 heteroatoms. The summed E-state index contributed by atoms with van der Waals surface area (Å²) in [6, 6.07) is 18.2. The molecule has 0 aliphatic rings. The van der Waals surface area contributed by atoms with Gasteiger partial charge < -0.3 is 18.3 Å². The molecular formula is C30H28Cl2N4O4S. The van der Waals surface area contributed by atoms with E-state index in [1.807, 2.05) is 36.4 Å². The molecule has 5 aromatic rings. The van der Waals surface area contributed by atoms with Crippen molar-refractivity contribution in [1.29, 1.82) is 0 Å². The van der Waals surface area contributed by atoms with E-state index in [1.165, 1.54) is 11.8 Å². The number of nitrogens with zero attached hydrogens (tertiary/aromatic N) is 4. The molecule has 0 atom stereocenters. The summed E-state index contributed by atoms with van der Waals surface area (Å²) in [5, 5.41) is 18.7.